The molecule has 10 heavy (non-hydrogen) atoms. The summed E-state index contributed by atoms with van der Waals surface area (Å²) in [6.45, 7) is 2.12. The maximum absolute atomic E-state index is 4.14. The highest BCUT2D eigenvalue weighted by Gasteiger charge is 2.00. The molecule has 1 aromatic heterocycles. The van der Waals surface area contributed by atoms with E-state index in [9.17, 15) is 0 Å². The molecule has 1 heterocycles. The molecule has 0 aromatic carbocycles. The van der Waals surface area contributed by atoms with Gasteiger partial charge in [0.1, 0.15) is 0 Å². The van der Waals surface area contributed by atoms with E-state index < -0.39 is 0 Å². The van der Waals surface area contributed by atoms with Gasteiger partial charge in [-0.25, -0.2) is 4.98 Å². The van der Waals surface area contributed by atoms with E-state index in [-0.39, 0.29) is 0 Å². The van der Waals surface area contributed by atoms with E-state index in [1.807, 2.05) is 6.26 Å². The summed E-state index contributed by atoms with van der Waals surface area (Å²) in [6, 6.07) is 0. The topological polar surface area (TPSA) is 28.7 Å². The molecule has 0 spiro atoms. The first-order valence-corrected chi connectivity index (χ1v) is 4.55. The minimum Gasteiger partial charge on any atom is -0.348 e. The van der Waals surface area contributed by atoms with Gasteiger partial charge in [0.15, 0.2) is 0 Å². The van der Waals surface area contributed by atoms with Crippen molar-refractivity contribution in [1.82, 2.24) is 9.97 Å². The van der Waals surface area contributed by atoms with Crippen LogP contribution in [-0.4, -0.2) is 16.2 Å². The number of rotatable bonds is 3. The Morgan fingerprint density at radius 1 is 1.80 bits per heavy atom. The second-order valence-corrected chi connectivity index (χ2v) is 2.68. The first kappa shape index (κ1) is 7.66. The Hall–Kier alpha value is -0.440. The van der Waals surface area contributed by atoms with Gasteiger partial charge in [0.05, 0.1) is 17.8 Å². The smallest absolute Gasteiger partial charge is 0.0925 e. The number of H-pyrrole nitrogens is 1. The van der Waals surface area contributed by atoms with Crippen LogP contribution in [0.5, 0.6) is 0 Å². The van der Waals surface area contributed by atoms with Crippen molar-refractivity contribution in [2.75, 3.05) is 6.26 Å². The molecule has 1 radical (unpaired) electrons. The minimum absolute atomic E-state index is 1.02. The van der Waals surface area contributed by atoms with Gasteiger partial charge in [-0.1, -0.05) is 6.92 Å². The summed E-state index contributed by atoms with van der Waals surface area (Å²) in [5.74, 6) is 2.05. The summed E-state index contributed by atoms with van der Waals surface area (Å²) in [5.41, 5.74) is 2.30. The van der Waals surface area contributed by atoms with Gasteiger partial charge in [-0.15, -0.1) is 0 Å². The van der Waals surface area contributed by atoms with E-state index in [4.69, 9.17) is 0 Å². The summed E-state index contributed by atoms with van der Waals surface area (Å²) in [6.07, 6.45) is 4.79. The molecule has 0 bridgehead atoms. The fourth-order valence-electron chi connectivity index (χ4n) is 0.828. The molecule has 0 saturated heterocycles. The van der Waals surface area contributed by atoms with Gasteiger partial charge in [0.2, 0.25) is 0 Å². The molecule has 0 aliphatic carbocycles. The van der Waals surface area contributed by atoms with Gasteiger partial charge in [0, 0.05) is 5.69 Å². The molecule has 0 aliphatic heterocycles. The zero-order valence-corrected chi connectivity index (χ0v) is 7.03. The van der Waals surface area contributed by atoms with E-state index in [1.54, 1.807) is 18.1 Å². The van der Waals surface area contributed by atoms with Crippen LogP contribution in [0.3, 0.4) is 0 Å². The lowest BCUT2D eigenvalue weighted by atomic mass is 10.3. The highest BCUT2D eigenvalue weighted by molar-refractivity contribution is 8.00. The van der Waals surface area contributed by atoms with Gasteiger partial charge in [-0.05, 0) is 12.7 Å². The van der Waals surface area contributed by atoms with Gasteiger partial charge >= 0.3 is 0 Å². The Balaban J connectivity index is 2.70. The fraction of sp³-hybridized carbons (Fsp3) is 0.429. The lowest BCUT2D eigenvalue weighted by molar-refractivity contribution is 1.05. The van der Waals surface area contributed by atoms with E-state index in [0.29, 0.717) is 0 Å². The second kappa shape index (κ2) is 3.66. The zero-order chi connectivity index (χ0) is 7.40. The van der Waals surface area contributed by atoms with Crippen molar-refractivity contribution < 1.29 is 0 Å². The number of aryl methyl sites for hydroxylation is 1. The van der Waals surface area contributed by atoms with Gasteiger partial charge in [-0.2, -0.15) is 11.8 Å². The predicted molar refractivity (Wildman–Crippen MR) is 44.9 cm³/mol. The highest BCUT2D eigenvalue weighted by Crippen LogP contribution is 2.12. The van der Waals surface area contributed by atoms with E-state index in [2.05, 4.69) is 22.6 Å². The molecule has 1 aromatic rings. The Bertz CT molecular complexity index is 195. The van der Waals surface area contributed by atoms with Crippen LogP contribution in [0.25, 0.3) is 0 Å². The van der Waals surface area contributed by atoms with E-state index >= 15 is 0 Å². The minimum atomic E-state index is 1.02. The molecule has 0 atom stereocenters. The summed E-state index contributed by atoms with van der Waals surface area (Å²) >= 11 is 1.68. The second-order valence-electron chi connectivity index (χ2n) is 1.97. The highest BCUT2D eigenvalue weighted by atomic mass is 32.2. The maximum atomic E-state index is 4.14. The average Bonchev–Trinajstić information content (AvgIpc) is 2.36. The molecule has 0 aliphatic rings. The fourth-order valence-corrected chi connectivity index (χ4v) is 1.25. The summed E-state index contributed by atoms with van der Waals surface area (Å²) in [5, 5.41) is 0. The first-order valence-electron chi connectivity index (χ1n) is 3.26. The van der Waals surface area contributed by atoms with Crippen molar-refractivity contribution in [3.8, 4) is 0 Å². The number of aromatic amines is 1. The molecule has 2 nitrogen and oxygen atoms in total. The Morgan fingerprint density at radius 2 is 2.60 bits per heavy atom. The van der Waals surface area contributed by atoms with Crippen molar-refractivity contribution in [3.05, 3.63) is 23.5 Å². The quantitative estimate of drug-likeness (QED) is 0.721. The number of aromatic nitrogens is 2. The molecule has 3 heteroatoms. The van der Waals surface area contributed by atoms with Crippen molar-refractivity contribution >= 4 is 11.8 Å². The predicted octanol–water partition coefficient (Wildman–Crippen LogP) is 1.84. The van der Waals surface area contributed by atoms with Crippen molar-refractivity contribution in [2.45, 2.75) is 13.3 Å². The van der Waals surface area contributed by atoms with Gasteiger partial charge < -0.3 is 4.98 Å². The Morgan fingerprint density at radius 3 is 3.20 bits per heavy atom. The number of hydrogen-bond acceptors (Lipinski definition) is 2. The number of imidazole rings is 1. The SMILES string of the molecule is CCc1[nH]cnc1[CH]SC. The van der Waals surface area contributed by atoms with Crippen LogP contribution < -0.4 is 0 Å². The number of thioether (sulfide) groups is 1. The Kier molecular flexibility index (Phi) is 2.81. The molecule has 1 N–H and O–H groups in total. The van der Waals surface area contributed by atoms with Gasteiger partial charge in [-0.3, -0.25) is 0 Å². The zero-order valence-electron chi connectivity index (χ0n) is 6.22. The van der Waals surface area contributed by atoms with Crippen LogP contribution in [0.4, 0.5) is 0 Å². The molecular formula is C7H11N2S. The van der Waals surface area contributed by atoms with Crippen LogP contribution in [0.1, 0.15) is 18.3 Å². The summed E-state index contributed by atoms with van der Waals surface area (Å²) in [4.78, 5) is 7.23. The van der Waals surface area contributed by atoms with Crippen LogP contribution >= 0.6 is 11.8 Å². The van der Waals surface area contributed by atoms with Crippen LogP contribution in [0, 0.1) is 5.75 Å². The largest absolute Gasteiger partial charge is 0.348 e. The number of hydrogen-bond donors (Lipinski definition) is 1. The van der Waals surface area contributed by atoms with Crippen LogP contribution in [0.2, 0.25) is 0 Å². The molecule has 0 unspecified atom stereocenters. The van der Waals surface area contributed by atoms with E-state index in [1.165, 1.54) is 5.69 Å². The number of nitrogens with zero attached hydrogens (tertiary/aromatic N) is 1. The van der Waals surface area contributed by atoms with Crippen molar-refractivity contribution in [3.63, 3.8) is 0 Å². The third kappa shape index (κ3) is 1.53. The van der Waals surface area contributed by atoms with Crippen molar-refractivity contribution in [1.29, 1.82) is 0 Å². The third-order valence-electron chi connectivity index (χ3n) is 1.33. The number of nitrogens with one attached hydrogen (secondary N) is 1. The third-order valence-corrected chi connectivity index (χ3v) is 1.79. The van der Waals surface area contributed by atoms with Crippen LogP contribution in [0.15, 0.2) is 6.33 Å². The first-order chi connectivity index (χ1) is 4.88. The maximum Gasteiger partial charge on any atom is 0.0925 e. The molecule has 55 valence electrons. The lowest BCUT2D eigenvalue weighted by Crippen LogP contribution is -1.85. The summed E-state index contributed by atoms with van der Waals surface area (Å²) < 4.78 is 0. The van der Waals surface area contributed by atoms with Crippen molar-refractivity contribution in [2.24, 2.45) is 0 Å². The normalized spacial score (nSPS) is 10.2. The molecule has 1 rings (SSSR count). The van der Waals surface area contributed by atoms with E-state index in [0.717, 1.165) is 12.1 Å². The van der Waals surface area contributed by atoms with Gasteiger partial charge in [0.25, 0.3) is 0 Å². The molecule has 0 fully saturated rings. The standard InChI is InChI=1S/C7H11N2S/c1-3-6-7(4-10-2)9-5-8-6/h4-5H,3H2,1-2H3,(H,8,9). The lowest BCUT2D eigenvalue weighted by Gasteiger charge is -1.94. The average molecular weight is 155 g/mol. The Labute approximate surface area is 65.4 Å². The molecule has 0 saturated carbocycles. The molecular weight excluding hydrogens is 144 g/mol. The van der Waals surface area contributed by atoms with Crippen LogP contribution in [-0.2, 0) is 6.42 Å². The monoisotopic (exact) mass is 155 g/mol. The summed E-state index contributed by atoms with van der Waals surface area (Å²) in [7, 11) is 0. The molecule has 0 amide bonds.